The highest BCUT2D eigenvalue weighted by atomic mass is 32.1. The van der Waals surface area contributed by atoms with Gasteiger partial charge >= 0.3 is 0 Å². The molecule has 0 spiro atoms. The summed E-state index contributed by atoms with van der Waals surface area (Å²) >= 11 is 1.59. The molecule has 18 heavy (non-hydrogen) atoms. The number of hydrogen-bond donors (Lipinski definition) is 3. The van der Waals surface area contributed by atoms with Crippen molar-refractivity contribution in [3.63, 3.8) is 0 Å². The Bertz CT molecular complexity index is 403. The van der Waals surface area contributed by atoms with Gasteiger partial charge in [-0.25, -0.2) is 0 Å². The fraction of sp³-hybridized carbons (Fsp3) is 0.500. The Morgan fingerprint density at radius 2 is 2.39 bits per heavy atom. The Labute approximate surface area is 111 Å². The van der Waals surface area contributed by atoms with Crippen LogP contribution in [-0.4, -0.2) is 17.0 Å². The van der Waals surface area contributed by atoms with Gasteiger partial charge in [-0.15, -0.1) is 11.3 Å². The SMILES string of the molecule is CCCC(C(=O)NC(C)c1cccs1)C(N)=NO. The topological polar surface area (TPSA) is 87.7 Å². The maximum Gasteiger partial charge on any atom is 0.231 e. The second-order valence-corrected chi connectivity index (χ2v) is 5.09. The molecule has 0 fully saturated rings. The average Bonchev–Trinajstić information content (AvgIpc) is 2.88. The Balaban J connectivity index is 2.67. The van der Waals surface area contributed by atoms with Gasteiger partial charge in [-0.05, 0) is 24.8 Å². The van der Waals surface area contributed by atoms with Crippen LogP contribution < -0.4 is 11.1 Å². The van der Waals surface area contributed by atoms with Gasteiger partial charge in [-0.3, -0.25) is 4.79 Å². The van der Waals surface area contributed by atoms with Crippen LogP contribution in [0.4, 0.5) is 0 Å². The van der Waals surface area contributed by atoms with Crippen LogP contribution in [0.5, 0.6) is 0 Å². The van der Waals surface area contributed by atoms with Gasteiger partial charge in [0, 0.05) is 4.88 Å². The second-order valence-electron chi connectivity index (χ2n) is 4.11. The maximum atomic E-state index is 12.1. The van der Waals surface area contributed by atoms with Gasteiger partial charge in [0.2, 0.25) is 5.91 Å². The molecule has 0 bridgehead atoms. The molecule has 5 nitrogen and oxygen atoms in total. The van der Waals surface area contributed by atoms with E-state index in [-0.39, 0.29) is 17.8 Å². The number of nitrogens with zero attached hydrogens (tertiary/aromatic N) is 1. The smallest absolute Gasteiger partial charge is 0.231 e. The van der Waals surface area contributed by atoms with Crippen molar-refractivity contribution in [1.29, 1.82) is 0 Å². The number of carbonyl (C=O) groups excluding carboxylic acids is 1. The number of oxime groups is 1. The molecule has 4 N–H and O–H groups in total. The number of carbonyl (C=O) groups is 1. The van der Waals surface area contributed by atoms with Crippen LogP contribution in [0.3, 0.4) is 0 Å². The molecule has 0 aromatic carbocycles. The molecule has 0 saturated carbocycles. The molecule has 1 aromatic rings. The fourth-order valence-corrected chi connectivity index (χ4v) is 2.43. The normalized spacial score (nSPS) is 15.1. The van der Waals surface area contributed by atoms with E-state index in [4.69, 9.17) is 10.9 Å². The Morgan fingerprint density at radius 3 is 2.89 bits per heavy atom. The summed E-state index contributed by atoms with van der Waals surface area (Å²) in [5, 5.41) is 16.5. The van der Waals surface area contributed by atoms with Gasteiger partial charge in [0.25, 0.3) is 0 Å². The van der Waals surface area contributed by atoms with Crippen LogP contribution in [0.1, 0.15) is 37.6 Å². The first-order valence-electron chi connectivity index (χ1n) is 5.91. The third-order valence-electron chi connectivity index (χ3n) is 2.70. The van der Waals surface area contributed by atoms with Crippen molar-refractivity contribution < 1.29 is 10.0 Å². The molecule has 0 radical (unpaired) electrons. The van der Waals surface area contributed by atoms with Crippen molar-refractivity contribution in [1.82, 2.24) is 5.32 Å². The zero-order valence-electron chi connectivity index (χ0n) is 10.6. The fourth-order valence-electron chi connectivity index (χ4n) is 1.69. The zero-order valence-corrected chi connectivity index (χ0v) is 11.4. The van der Waals surface area contributed by atoms with E-state index in [2.05, 4.69) is 10.5 Å². The number of amides is 1. The van der Waals surface area contributed by atoms with Crippen molar-refractivity contribution in [2.24, 2.45) is 16.8 Å². The first kappa shape index (κ1) is 14.5. The van der Waals surface area contributed by atoms with Gasteiger partial charge in [-0.1, -0.05) is 24.6 Å². The molecule has 2 atom stereocenters. The lowest BCUT2D eigenvalue weighted by Gasteiger charge is -2.18. The predicted octanol–water partition coefficient (Wildman–Crippen LogP) is 2.09. The van der Waals surface area contributed by atoms with Gasteiger partial charge in [0.15, 0.2) is 5.84 Å². The van der Waals surface area contributed by atoms with Crippen LogP contribution in [0.25, 0.3) is 0 Å². The first-order chi connectivity index (χ1) is 8.60. The number of nitrogens with two attached hydrogens (primary N) is 1. The molecule has 0 aliphatic carbocycles. The highest BCUT2D eigenvalue weighted by molar-refractivity contribution is 7.10. The minimum absolute atomic E-state index is 0.0345. The summed E-state index contributed by atoms with van der Waals surface area (Å²) in [6.07, 6.45) is 1.36. The Kier molecular flexibility index (Phi) is 5.64. The molecule has 2 unspecified atom stereocenters. The molecular formula is C12H19N3O2S. The molecule has 100 valence electrons. The summed E-state index contributed by atoms with van der Waals surface area (Å²) in [4.78, 5) is 13.1. The number of amidine groups is 1. The van der Waals surface area contributed by atoms with Crippen LogP contribution in [-0.2, 0) is 4.79 Å². The first-order valence-corrected chi connectivity index (χ1v) is 6.79. The van der Waals surface area contributed by atoms with Crippen LogP contribution in [0.2, 0.25) is 0 Å². The van der Waals surface area contributed by atoms with E-state index < -0.39 is 5.92 Å². The molecular weight excluding hydrogens is 250 g/mol. The van der Waals surface area contributed by atoms with E-state index in [9.17, 15) is 4.79 Å². The molecule has 1 aromatic heterocycles. The molecule has 0 aliphatic rings. The lowest BCUT2D eigenvalue weighted by molar-refractivity contribution is -0.123. The Hall–Kier alpha value is -1.56. The van der Waals surface area contributed by atoms with Crippen molar-refractivity contribution in [3.8, 4) is 0 Å². The summed E-state index contributed by atoms with van der Waals surface area (Å²) < 4.78 is 0. The zero-order chi connectivity index (χ0) is 13.5. The molecule has 1 rings (SSSR count). The largest absolute Gasteiger partial charge is 0.409 e. The number of thiophene rings is 1. The van der Waals surface area contributed by atoms with Crippen LogP contribution in [0, 0.1) is 5.92 Å². The third kappa shape index (κ3) is 3.73. The summed E-state index contributed by atoms with van der Waals surface area (Å²) in [5.74, 6) is -0.803. The summed E-state index contributed by atoms with van der Waals surface area (Å²) in [7, 11) is 0. The molecule has 6 heteroatoms. The van der Waals surface area contributed by atoms with Crippen molar-refractivity contribution in [2.45, 2.75) is 32.7 Å². The lowest BCUT2D eigenvalue weighted by atomic mass is 10.0. The summed E-state index contributed by atoms with van der Waals surface area (Å²) in [5.41, 5.74) is 5.54. The molecule has 1 heterocycles. The van der Waals surface area contributed by atoms with Crippen molar-refractivity contribution >= 4 is 23.1 Å². The minimum Gasteiger partial charge on any atom is -0.409 e. The minimum atomic E-state index is -0.567. The number of rotatable bonds is 6. The van der Waals surface area contributed by atoms with Gasteiger partial charge < -0.3 is 16.3 Å². The van der Waals surface area contributed by atoms with Crippen LogP contribution in [0.15, 0.2) is 22.7 Å². The van der Waals surface area contributed by atoms with Gasteiger partial charge in [-0.2, -0.15) is 0 Å². The highest BCUT2D eigenvalue weighted by Crippen LogP contribution is 2.19. The van der Waals surface area contributed by atoms with E-state index in [0.717, 1.165) is 11.3 Å². The van der Waals surface area contributed by atoms with E-state index in [1.165, 1.54) is 0 Å². The van der Waals surface area contributed by atoms with Gasteiger partial charge in [0.05, 0.1) is 12.0 Å². The standard InChI is InChI=1S/C12H19N3O2S/c1-3-5-9(11(13)15-17)12(16)14-8(2)10-6-4-7-18-10/h4,6-9,17H,3,5H2,1-2H3,(H2,13,15)(H,14,16). The quantitative estimate of drug-likeness (QED) is 0.320. The van der Waals surface area contributed by atoms with E-state index in [1.807, 2.05) is 31.4 Å². The predicted molar refractivity (Wildman–Crippen MR) is 72.7 cm³/mol. The monoisotopic (exact) mass is 269 g/mol. The number of nitrogens with one attached hydrogen (secondary N) is 1. The molecule has 1 amide bonds. The average molecular weight is 269 g/mol. The van der Waals surface area contributed by atoms with E-state index in [0.29, 0.717) is 6.42 Å². The highest BCUT2D eigenvalue weighted by Gasteiger charge is 2.24. The second kappa shape index (κ2) is 7.00. The van der Waals surface area contributed by atoms with E-state index in [1.54, 1.807) is 11.3 Å². The third-order valence-corrected chi connectivity index (χ3v) is 3.75. The number of hydrogen-bond acceptors (Lipinski definition) is 4. The molecule has 0 saturated heterocycles. The lowest BCUT2D eigenvalue weighted by Crippen LogP contribution is -2.39. The van der Waals surface area contributed by atoms with Crippen molar-refractivity contribution in [3.05, 3.63) is 22.4 Å². The Morgan fingerprint density at radius 1 is 1.67 bits per heavy atom. The summed E-state index contributed by atoms with van der Waals surface area (Å²) in [6.45, 7) is 3.87. The van der Waals surface area contributed by atoms with Crippen molar-refractivity contribution in [2.75, 3.05) is 0 Å². The molecule has 0 aliphatic heterocycles. The maximum absolute atomic E-state index is 12.1. The van der Waals surface area contributed by atoms with Gasteiger partial charge in [0.1, 0.15) is 0 Å². The van der Waals surface area contributed by atoms with E-state index >= 15 is 0 Å². The van der Waals surface area contributed by atoms with Crippen LogP contribution >= 0.6 is 11.3 Å². The summed E-state index contributed by atoms with van der Waals surface area (Å²) in [6, 6.07) is 3.84.